The highest BCUT2D eigenvalue weighted by molar-refractivity contribution is 6.25. The Labute approximate surface area is 90.7 Å². The van der Waals surface area contributed by atoms with Crippen molar-refractivity contribution in [1.29, 1.82) is 0 Å². The maximum absolute atomic E-state index is 6.06. The zero-order valence-electron chi connectivity index (χ0n) is 8.05. The number of rotatable bonds is 3. The number of piperidine rings is 1. The zero-order valence-corrected chi connectivity index (χ0v) is 9.56. The molecule has 0 aromatic carbocycles. The second-order valence-electron chi connectivity index (χ2n) is 3.68. The molecule has 1 saturated heterocycles. The standard InChI is InChI=1S/C10H17Cl2N/c1-9(12)10-3-7-13(8-4-10)6-2-5-11/h2,5,9-10H,3-4,6-8H2,1H3/b5-2+. The average molecular weight is 222 g/mol. The minimum atomic E-state index is 0.325. The largest absolute Gasteiger partial charge is 0.300 e. The van der Waals surface area contributed by atoms with Gasteiger partial charge in [0.05, 0.1) is 0 Å². The molecule has 0 aliphatic carbocycles. The van der Waals surface area contributed by atoms with E-state index in [2.05, 4.69) is 11.8 Å². The number of halogens is 2. The lowest BCUT2D eigenvalue weighted by Gasteiger charge is -2.32. The molecule has 3 heteroatoms. The fourth-order valence-corrected chi connectivity index (χ4v) is 2.12. The maximum Gasteiger partial charge on any atom is 0.0337 e. The van der Waals surface area contributed by atoms with Crippen LogP contribution in [-0.2, 0) is 0 Å². The molecular formula is C10H17Cl2N. The van der Waals surface area contributed by atoms with Crippen molar-refractivity contribution in [2.45, 2.75) is 25.1 Å². The van der Waals surface area contributed by atoms with Gasteiger partial charge in [-0.05, 0) is 38.8 Å². The molecule has 1 heterocycles. The van der Waals surface area contributed by atoms with E-state index in [1.807, 2.05) is 6.08 Å². The van der Waals surface area contributed by atoms with Gasteiger partial charge in [-0.1, -0.05) is 17.7 Å². The molecule has 0 aromatic rings. The van der Waals surface area contributed by atoms with Gasteiger partial charge in [-0.2, -0.15) is 0 Å². The van der Waals surface area contributed by atoms with Crippen LogP contribution in [0.4, 0.5) is 0 Å². The van der Waals surface area contributed by atoms with E-state index in [0.29, 0.717) is 11.3 Å². The molecule has 13 heavy (non-hydrogen) atoms. The summed E-state index contributed by atoms with van der Waals surface area (Å²) in [6.07, 6.45) is 4.44. The third kappa shape index (κ3) is 3.88. The summed E-state index contributed by atoms with van der Waals surface area (Å²) in [5.74, 6) is 0.706. The number of nitrogens with zero attached hydrogens (tertiary/aromatic N) is 1. The van der Waals surface area contributed by atoms with Crippen molar-refractivity contribution in [2.75, 3.05) is 19.6 Å². The molecule has 0 amide bonds. The van der Waals surface area contributed by atoms with Gasteiger partial charge in [0.25, 0.3) is 0 Å². The molecule has 1 unspecified atom stereocenters. The Morgan fingerprint density at radius 3 is 2.54 bits per heavy atom. The summed E-state index contributed by atoms with van der Waals surface area (Å²) >= 11 is 11.5. The zero-order chi connectivity index (χ0) is 9.68. The number of hydrogen-bond donors (Lipinski definition) is 0. The first kappa shape index (κ1) is 11.4. The maximum atomic E-state index is 6.06. The normalized spacial score (nSPS) is 23.9. The Bertz CT molecular complexity index is 160. The second kappa shape index (κ2) is 5.90. The van der Waals surface area contributed by atoms with Crippen molar-refractivity contribution in [1.82, 2.24) is 4.90 Å². The van der Waals surface area contributed by atoms with E-state index >= 15 is 0 Å². The molecule has 76 valence electrons. The van der Waals surface area contributed by atoms with Gasteiger partial charge < -0.3 is 0 Å². The first-order chi connectivity index (χ1) is 6.24. The molecule has 0 spiro atoms. The molecule has 1 nitrogen and oxygen atoms in total. The van der Waals surface area contributed by atoms with Crippen LogP contribution in [0.5, 0.6) is 0 Å². The summed E-state index contributed by atoms with van der Waals surface area (Å²) in [4.78, 5) is 2.41. The summed E-state index contributed by atoms with van der Waals surface area (Å²) in [6, 6.07) is 0. The van der Waals surface area contributed by atoms with Crippen LogP contribution in [-0.4, -0.2) is 29.9 Å². The Hall–Kier alpha value is 0.280. The summed E-state index contributed by atoms with van der Waals surface area (Å²) in [5, 5.41) is 0.325. The molecule has 0 radical (unpaired) electrons. The van der Waals surface area contributed by atoms with E-state index in [1.165, 1.54) is 12.8 Å². The van der Waals surface area contributed by atoms with Crippen molar-refractivity contribution < 1.29 is 0 Å². The van der Waals surface area contributed by atoms with Crippen molar-refractivity contribution in [2.24, 2.45) is 5.92 Å². The fourth-order valence-electron chi connectivity index (χ4n) is 1.78. The molecule has 0 saturated carbocycles. The quantitative estimate of drug-likeness (QED) is 0.663. The van der Waals surface area contributed by atoms with Crippen LogP contribution in [0.1, 0.15) is 19.8 Å². The van der Waals surface area contributed by atoms with Gasteiger partial charge in [0.2, 0.25) is 0 Å². The smallest absolute Gasteiger partial charge is 0.0337 e. The SMILES string of the molecule is CC(Cl)C1CCN(C/C=C/Cl)CC1. The highest BCUT2D eigenvalue weighted by Crippen LogP contribution is 2.23. The monoisotopic (exact) mass is 221 g/mol. The van der Waals surface area contributed by atoms with Crippen molar-refractivity contribution in [3.05, 3.63) is 11.6 Å². The highest BCUT2D eigenvalue weighted by atomic mass is 35.5. The lowest BCUT2D eigenvalue weighted by molar-refractivity contribution is 0.200. The molecule has 0 bridgehead atoms. The minimum Gasteiger partial charge on any atom is -0.300 e. The molecule has 1 atom stereocenters. The van der Waals surface area contributed by atoms with E-state index in [1.54, 1.807) is 5.54 Å². The van der Waals surface area contributed by atoms with Crippen LogP contribution >= 0.6 is 23.2 Å². The first-order valence-corrected chi connectivity index (χ1v) is 5.73. The van der Waals surface area contributed by atoms with E-state index in [9.17, 15) is 0 Å². The Morgan fingerprint density at radius 1 is 1.46 bits per heavy atom. The molecule has 0 N–H and O–H groups in total. The van der Waals surface area contributed by atoms with Gasteiger partial charge >= 0.3 is 0 Å². The van der Waals surface area contributed by atoms with Crippen molar-refractivity contribution in [3.63, 3.8) is 0 Å². The van der Waals surface area contributed by atoms with Gasteiger partial charge in [0.1, 0.15) is 0 Å². The fraction of sp³-hybridized carbons (Fsp3) is 0.800. The predicted octanol–water partition coefficient (Wildman–Crippen LogP) is 3.08. The second-order valence-corrected chi connectivity index (χ2v) is 4.62. The van der Waals surface area contributed by atoms with Crippen LogP contribution in [0.25, 0.3) is 0 Å². The van der Waals surface area contributed by atoms with Crippen molar-refractivity contribution in [3.8, 4) is 0 Å². The molecular weight excluding hydrogens is 205 g/mol. The number of likely N-dealkylation sites (tertiary alicyclic amines) is 1. The van der Waals surface area contributed by atoms with Crippen LogP contribution in [0.3, 0.4) is 0 Å². The van der Waals surface area contributed by atoms with Gasteiger partial charge in [0, 0.05) is 17.5 Å². The van der Waals surface area contributed by atoms with Gasteiger partial charge in [0.15, 0.2) is 0 Å². The lowest BCUT2D eigenvalue weighted by Crippen LogP contribution is -2.35. The van der Waals surface area contributed by atoms with E-state index in [0.717, 1.165) is 19.6 Å². The Kier molecular flexibility index (Phi) is 5.15. The third-order valence-corrected chi connectivity index (χ3v) is 3.27. The van der Waals surface area contributed by atoms with Crippen LogP contribution in [0, 0.1) is 5.92 Å². The van der Waals surface area contributed by atoms with Crippen molar-refractivity contribution >= 4 is 23.2 Å². The number of hydrogen-bond acceptors (Lipinski definition) is 1. The number of alkyl halides is 1. The average Bonchev–Trinajstić information content (AvgIpc) is 2.15. The predicted molar refractivity (Wildman–Crippen MR) is 59.5 cm³/mol. The van der Waals surface area contributed by atoms with Crippen LogP contribution in [0.2, 0.25) is 0 Å². The van der Waals surface area contributed by atoms with E-state index < -0.39 is 0 Å². The molecule has 1 fully saturated rings. The van der Waals surface area contributed by atoms with E-state index in [4.69, 9.17) is 23.2 Å². The summed E-state index contributed by atoms with van der Waals surface area (Å²) in [7, 11) is 0. The molecule has 0 aromatic heterocycles. The van der Waals surface area contributed by atoms with Crippen LogP contribution in [0.15, 0.2) is 11.6 Å². The topological polar surface area (TPSA) is 3.24 Å². The lowest BCUT2D eigenvalue weighted by atomic mass is 9.94. The van der Waals surface area contributed by atoms with Gasteiger partial charge in [-0.3, -0.25) is 4.90 Å². The van der Waals surface area contributed by atoms with Gasteiger partial charge in [-0.25, -0.2) is 0 Å². The summed E-state index contributed by atoms with van der Waals surface area (Å²) in [5.41, 5.74) is 1.59. The molecule has 1 aliphatic rings. The van der Waals surface area contributed by atoms with Crippen LogP contribution < -0.4 is 0 Å². The summed E-state index contributed by atoms with van der Waals surface area (Å²) < 4.78 is 0. The Morgan fingerprint density at radius 2 is 2.08 bits per heavy atom. The van der Waals surface area contributed by atoms with E-state index in [-0.39, 0.29) is 0 Å². The molecule has 1 aliphatic heterocycles. The minimum absolute atomic E-state index is 0.325. The van der Waals surface area contributed by atoms with Gasteiger partial charge in [-0.15, -0.1) is 11.6 Å². The molecule has 1 rings (SSSR count). The Balaban J connectivity index is 2.22. The first-order valence-electron chi connectivity index (χ1n) is 4.85. The third-order valence-electron chi connectivity index (χ3n) is 2.73. The highest BCUT2D eigenvalue weighted by Gasteiger charge is 2.21. The summed E-state index contributed by atoms with van der Waals surface area (Å²) in [6.45, 7) is 5.39.